The molecule has 4 nitrogen and oxygen atoms in total. The summed E-state index contributed by atoms with van der Waals surface area (Å²) in [4.78, 5) is 2.58. The maximum absolute atomic E-state index is 4.42. The normalized spacial score (nSPS) is 25.1. The molecule has 2 aliphatic rings. The Morgan fingerprint density at radius 2 is 1.94 bits per heavy atom. The van der Waals surface area contributed by atoms with Crippen LogP contribution < -0.4 is 0 Å². The molecule has 0 radical (unpaired) electrons. The van der Waals surface area contributed by atoms with Gasteiger partial charge in [-0.3, -0.25) is 0 Å². The Morgan fingerprint density at radius 3 is 2.78 bits per heavy atom. The van der Waals surface area contributed by atoms with Gasteiger partial charge in [0.05, 0.1) is 0 Å². The predicted octanol–water partition coefficient (Wildman–Crippen LogP) is 2.20. The molecule has 4 heteroatoms. The third-order valence-electron chi connectivity index (χ3n) is 4.40. The first kappa shape index (κ1) is 12.2. The largest absolute Gasteiger partial charge is 0.312 e. The van der Waals surface area contributed by atoms with Gasteiger partial charge in [0.15, 0.2) is 0 Å². The molecule has 1 aromatic heterocycles. The van der Waals surface area contributed by atoms with Crippen molar-refractivity contribution in [3.8, 4) is 0 Å². The van der Waals surface area contributed by atoms with Gasteiger partial charge >= 0.3 is 0 Å². The van der Waals surface area contributed by atoms with Gasteiger partial charge in [-0.2, -0.15) is 0 Å². The molecule has 100 valence electrons. The van der Waals surface area contributed by atoms with E-state index in [2.05, 4.69) is 26.6 Å². The molecule has 1 aromatic rings. The van der Waals surface area contributed by atoms with Crippen LogP contribution in [0, 0.1) is 0 Å². The van der Waals surface area contributed by atoms with Gasteiger partial charge in [-0.25, -0.2) is 0 Å². The topological polar surface area (TPSA) is 34.0 Å². The minimum absolute atomic E-state index is 0.597. The zero-order valence-electron chi connectivity index (χ0n) is 11.4. The Bertz CT molecular complexity index is 392. The summed E-state index contributed by atoms with van der Waals surface area (Å²) in [6.07, 6.45) is 8.88. The fraction of sp³-hybridized carbons (Fsp3) is 0.857. The van der Waals surface area contributed by atoms with Gasteiger partial charge in [0.1, 0.15) is 11.6 Å². The molecule has 3 heterocycles. The van der Waals surface area contributed by atoms with Crippen molar-refractivity contribution >= 4 is 0 Å². The third-order valence-corrected chi connectivity index (χ3v) is 4.40. The number of nitrogens with zero attached hydrogens (tertiary/aromatic N) is 4. The number of aryl methyl sites for hydroxylation is 1. The Kier molecular flexibility index (Phi) is 3.64. The number of rotatable bonds is 3. The lowest BCUT2D eigenvalue weighted by Gasteiger charge is -2.27. The standard InChI is InChI=1S/C14H24N4/c1-12-6-5-7-13-15-16-14(18(12)13)8-11-17-9-3-2-4-10-17/h12H,2-11H2,1H3. The molecule has 1 unspecified atom stereocenters. The molecule has 0 amide bonds. The molecule has 1 saturated heterocycles. The molecule has 1 atom stereocenters. The maximum Gasteiger partial charge on any atom is 0.134 e. The molecule has 0 saturated carbocycles. The second kappa shape index (κ2) is 5.39. The second-order valence-electron chi connectivity index (χ2n) is 5.80. The van der Waals surface area contributed by atoms with Gasteiger partial charge in [-0.15, -0.1) is 10.2 Å². The molecule has 0 aliphatic carbocycles. The predicted molar refractivity (Wildman–Crippen MR) is 71.7 cm³/mol. The van der Waals surface area contributed by atoms with Crippen LogP contribution in [0.2, 0.25) is 0 Å². The smallest absolute Gasteiger partial charge is 0.134 e. The number of hydrogen-bond donors (Lipinski definition) is 0. The molecule has 1 fully saturated rings. The van der Waals surface area contributed by atoms with Crippen LogP contribution in [0.4, 0.5) is 0 Å². The number of likely N-dealkylation sites (tertiary alicyclic amines) is 1. The fourth-order valence-electron chi connectivity index (χ4n) is 3.34. The van der Waals surface area contributed by atoms with Crippen molar-refractivity contribution in [1.29, 1.82) is 0 Å². The molecule has 0 N–H and O–H groups in total. The summed E-state index contributed by atoms with van der Waals surface area (Å²) in [5, 5.41) is 8.78. The van der Waals surface area contributed by atoms with Gasteiger partial charge < -0.3 is 9.47 Å². The average molecular weight is 248 g/mol. The number of fused-ring (bicyclic) bond motifs is 1. The second-order valence-corrected chi connectivity index (χ2v) is 5.80. The lowest BCUT2D eigenvalue weighted by molar-refractivity contribution is 0.228. The van der Waals surface area contributed by atoms with Crippen LogP contribution in [0.5, 0.6) is 0 Å². The summed E-state index contributed by atoms with van der Waals surface area (Å²) in [5.41, 5.74) is 0. The zero-order chi connectivity index (χ0) is 12.4. The van der Waals surface area contributed by atoms with Gasteiger partial charge in [-0.1, -0.05) is 6.42 Å². The molecule has 0 aromatic carbocycles. The fourth-order valence-corrected chi connectivity index (χ4v) is 3.34. The highest BCUT2D eigenvalue weighted by Gasteiger charge is 2.21. The molecule has 0 spiro atoms. The van der Waals surface area contributed by atoms with Crippen LogP contribution in [0.1, 0.15) is 56.7 Å². The van der Waals surface area contributed by atoms with Crippen molar-refractivity contribution in [3.05, 3.63) is 11.6 Å². The summed E-state index contributed by atoms with van der Waals surface area (Å²) in [6.45, 7) is 6.01. The van der Waals surface area contributed by atoms with Gasteiger partial charge in [0.25, 0.3) is 0 Å². The van der Waals surface area contributed by atoms with E-state index in [9.17, 15) is 0 Å². The highest BCUT2D eigenvalue weighted by atomic mass is 15.3. The summed E-state index contributed by atoms with van der Waals surface area (Å²) in [5.74, 6) is 2.42. The van der Waals surface area contributed by atoms with E-state index in [0.29, 0.717) is 6.04 Å². The molecular weight excluding hydrogens is 224 g/mol. The molecule has 18 heavy (non-hydrogen) atoms. The maximum atomic E-state index is 4.42. The van der Waals surface area contributed by atoms with E-state index in [1.165, 1.54) is 56.8 Å². The summed E-state index contributed by atoms with van der Waals surface area (Å²) in [6, 6.07) is 0.597. The first-order valence-corrected chi connectivity index (χ1v) is 7.49. The lowest BCUT2D eigenvalue weighted by atomic mass is 10.1. The third kappa shape index (κ3) is 2.44. The Morgan fingerprint density at radius 1 is 1.11 bits per heavy atom. The monoisotopic (exact) mass is 248 g/mol. The quantitative estimate of drug-likeness (QED) is 0.822. The lowest BCUT2D eigenvalue weighted by Crippen LogP contribution is -2.32. The zero-order valence-corrected chi connectivity index (χ0v) is 11.4. The van der Waals surface area contributed by atoms with E-state index in [-0.39, 0.29) is 0 Å². The summed E-state index contributed by atoms with van der Waals surface area (Å²) >= 11 is 0. The Hall–Kier alpha value is -0.900. The first-order valence-electron chi connectivity index (χ1n) is 7.49. The summed E-state index contributed by atoms with van der Waals surface area (Å²) in [7, 11) is 0. The number of aromatic nitrogens is 3. The number of hydrogen-bond acceptors (Lipinski definition) is 3. The van der Waals surface area contributed by atoms with Crippen LogP contribution in [0.15, 0.2) is 0 Å². The van der Waals surface area contributed by atoms with Crippen molar-refractivity contribution < 1.29 is 0 Å². The first-order chi connectivity index (χ1) is 8.84. The van der Waals surface area contributed by atoms with Gasteiger partial charge in [0.2, 0.25) is 0 Å². The summed E-state index contributed by atoms with van der Waals surface area (Å²) < 4.78 is 2.40. The van der Waals surface area contributed by atoms with Crippen molar-refractivity contribution in [2.45, 2.75) is 57.9 Å². The van der Waals surface area contributed by atoms with Crippen LogP contribution >= 0.6 is 0 Å². The SMILES string of the molecule is CC1CCCc2nnc(CCN3CCCCC3)n21. The van der Waals surface area contributed by atoms with Crippen LogP contribution in [-0.2, 0) is 12.8 Å². The van der Waals surface area contributed by atoms with E-state index in [0.717, 1.165) is 19.4 Å². The average Bonchev–Trinajstić information content (AvgIpc) is 2.82. The Balaban J connectivity index is 1.64. The van der Waals surface area contributed by atoms with Crippen molar-refractivity contribution in [2.75, 3.05) is 19.6 Å². The van der Waals surface area contributed by atoms with Crippen LogP contribution in [0.3, 0.4) is 0 Å². The van der Waals surface area contributed by atoms with E-state index >= 15 is 0 Å². The van der Waals surface area contributed by atoms with Crippen LogP contribution in [0.25, 0.3) is 0 Å². The number of piperidine rings is 1. The van der Waals surface area contributed by atoms with Gasteiger partial charge in [-0.05, 0) is 45.7 Å². The van der Waals surface area contributed by atoms with Gasteiger partial charge in [0, 0.05) is 25.4 Å². The van der Waals surface area contributed by atoms with Crippen molar-refractivity contribution in [3.63, 3.8) is 0 Å². The minimum Gasteiger partial charge on any atom is -0.312 e. The van der Waals surface area contributed by atoms with E-state index in [4.69, 9.17) is 0 Å². The highest BCUT2D eigenvalue weighted by Crippen LogP contribution is 2.24. The molecular formula is C14H24N4. The van der Waals surface area contributed by atoms with E-state index < -0.39 is 0 Å². The van der Waals surface area contributed by atoms with Crippen molar-refractivity contribution in [2.24, 2.45) is 0 Å². The van der Waals surface area contributed by atoms with Crippen molar-refractivity contribution in [1.82, 2.24) is 19.7 Å². The molecule has 2 aliphatic heterocycles. The van der Waals surface area contributed by atoms with E-state index in [1.807, 2.05) is 0 Å². The molecule has 3 rings (SSSR count). The van der Waals surface area contributed by atoms with Crippen LogP contribution in [-0.4, -0.2) is 39.3 Å². The highest BCUT2D eigenvalue weighted by molar-refractivity contribution is 5.02. The molecule has 0 bridgehead atoms. The minimum atomic E-state index is 0.597. The van der Waals surface area contributed by atoms with E-state index in [1.54, 1.807) is 0 Å². The Labute approximate surface area is 109 Å².